The summed E-state index contributed by atoms with van der Waals surface area (Å²) in [5.41, 5.74) is 0. The Labute approximate surface area is 124 Å². The molecule has 0 aliphatic rings. The molecule has 7 heteroatoms. The zero-order valence-electron chi connectivity index (χ0n) is 12.3. The van der Waals surface area contributed by atoms with Gasteiger partial charge in [-0.1, -0.05) is 38.5 Å². The first-order chi connectivity index (χ1) is 9.91. The third kappa shape index (κ3) is 9.00. The number of hydrogen-bond acceptors (Lipinski definition) is 6. The van der Waals surface area contributed by atoms with E-state index in [0.29, 0.717) is 6.42 Å². The van der Waals surface area contributed by atoms with Crippen molar-refractivity contribution in [3.8, 4) is 0 Å². The van der Waals surface area contributed by atoms with Gasteiger partial charge in [-0.3, -0.25) is 0 Å². The Kier molecular flexibility index (Phi) is 11.5. The normalized spacial score (nSPS) is 17.2. The van der Waals surface area contributed by atoms with Crippen LogP contribution in [-0.4, -0.2) is 67.6 Å². The third-order valence-electron chi connectivity index (χ3n) is 3.48. The molecule has 7 nitrogen and oxygen atoms in total. The topological polar surface area (TPSA) is 138 Å². The number of unbranched alkanes of at least 4 members (excludes halogenated alkanes) is 6. The monoisotopic (exact) mass is 308 g/mol. The Hall–Kier alpha value is -0.730. The van der Waals surface area contributed by atoms with E-state index in [1.54, 1.807) is 0 Å². The van der Waals surface area contributed by atoms with Crippen LogP contribution < -0.4 is 0 Å². The Morgan fingerprint density at radius 3 is 1.71 bits per heavy atom. The van der Waals surface area contributed by atoms with Crippen molar-refractivity contribution in [1.29, 1.82) is 0 Å². The summed E-state index contributed by atoms with van der Waals surface area (Å²) in [6, 6.07) is 0. The highest BCUT2D eigenvalue weighted by Gasteiger charge is 2.33. The van der Waals surface area contributed by atoms with Crippen LogP contribution in [0.5, 0.6) is 0 Å². The number of carbonyl (C=O) groups is 1. The summed E-state index contributed by atoms with van der Waals surface area (Å²) in [5.74, 6) is -1.64. The lowest BCUT2D eigenvalue weighted by Crippen LogP contribution is -2.47. The fourth-order valence-electron chi connectivity index (χ4n) is 2.08. The molecule has 0 spiro atoms. The van der Waals surface area contributed by atoms with Gasteiger partial charge < -0.3 is 30.6 Å². The van der Waals surface area contributed by atoms with Gasteiger partial charge in [0.15, 0.2) is 6.10 Å². The standard InChI is InChI=1S/C14H28O7/c15-9-7-5-3-1-2-4-6-8-10(16)11(17)12(18)13(19)14(20)21/h10-13,15-19H,1-9H2,(H,20,21). The molecule has 21 heavy (non-hydrogen) atoms. The smallest absolute Gasteiger partial charge is 0.335 e. The van der Waals surface area contributed by atoms with Crippen LogP contribution in [-0.2, 0) is 4.79 Å². The van der Waals surface area contributed by atoms with Crippen LogP contribution in [0.15, 0.2) is 0 Å². The summed E-state index contributed by atoms with van der Waals surface area (Å²) in [5, 5.41) is 54.8. The second-order valence-electron chi connectivity index (χ2n) is 5.32. The quantitative estimate of drug-likeness (QED) is 0.255. The zero-order chi connectivity index (χ0) is 16.3. The lowest BCUT2D eigenvalue weighted by molar-refractivity contribution is -0.163. The van der Waals surface area contributed by atoms with E-state index in [1.165, 1.54) is 0 Å². The molecule has 0 aliphatic carbocycles. The van der Waals surface area contributed by atoms with Gasteiger partial charge in [-0.05, 0) is 12.8 Å². The number of rotatable bonds is 13. The average molecular weight is 308 g/mol. The molecule has 0 saturated carbocycles. The number of aliphatic hydroxyl groups is 5. The highest BCUT2D eigenvalue weighted by atomic mass is 16.4. The summed E-state index contributed by atoms with van der Waals surface area (Å²) in [6.45, 7) is 0.217. The van der Waals surface area contributed by atoms with Crippen LogP contribution >= 0.6 is 0 Å². The van der Waals surface area contributed by atoms with Crippen LogP contribution in [0, 0.1) is 0 Å². The van der Waals surface area contributed by atoms with E-state index in [9.17, 15) is 20.1 Å². The first-order valence-corrected chi connectivity index (χ1v) is 7.47. The number of carboxylic acid groups (broad SMARTS) is 1. The molecule has 0 radical (unpaired) electrons. The molecule has 0 aromatic carbocycles. The van der Waals surface area contributed by atoms with Gasteiger partial charge in [-0.25, -0.2) is 4.79 Å². The van der Waals surface area contributed by atoms with Crippen LogP contribution in [0.2, 0.25) is 0 Å². The SMILES string of the molecule is O=C(O)C(O)C(O)C(O)C(O)CCCCCCCCCO. The third-order valence-corrected chi connectivity index (χ3v) is 3.48. The molecular formula is C14H28O7. The molecule has 126 valence electrons. The van der Waals surface area contributed by atoms with Crippen molar-refractivity contribution in [2.75, 3.05) is 6.61 Å². The summed E-state index contributed by atoms with van der Waals surface area (Å²) >= 11 is 0. The first kappa shape index (κ1) is 20.3. The van der Waals surface area contributed by atoms with E-state index >= 15 is 0 Å². The van der Waals surface area contributed by atoms with Crippen LogP contribution in [0.25, 0.3) is 0 Å². The second kappa shape index (κ2) is 11.9. The van der Waals surface area contributed by atoms with Crippen molar-refractivity contribution in [2.45, 2.75) is 75.8 Å². The van der Waals surface area contributed by atoms with Gasteiger partial charge in [0.05, 0.1) is 6.10 Å². The summed E-state index contributed by atoms with van der Waals surface area (Å²) < 4.78 is 0. The van der Waals surface area contributed by atoms with Crippen LogP contribution in [0.3, 0.4) is 0 Å². The number of carboxylic acids is 1. The summed E-state index contributed by atoms with van der Waals surface area (Å²) in [6.07, 6.45) is -0.328. The largest absolute Gasteiger partial charge is 0.479 e. The molecule has 6 N–H and O–H groups in total. The van der Waals surface area contributed by atoms with E-state index in [2.05, 4.69) is 0 Å². The van der Waals surface area contributed by atoms with Gasteiger partial charge in [0.1, 0.15) is 12.2 Å². The Balaban J connectivity index is 3.73. The molecule has 0 rings (SSSR count). The molecular weight excluding hydrogens is 280 g/mol. The molecule has 0 saturated heterocycles. The predicted octanol–water partition coefficient (Wildman–Crippen LogP) is -0.372. The van der Waals surface area contributed by atoms with Gasteiger partial charge in [0.25, 0.3) is 0 Å². The fourth-order valence-corrected chi connectivity index (χ4v) is 2.08. The first-order valence-electron chi connectivity index (χ1n) is 7.47. The molecule has 0 aliphatic heterocycles. The summed E-state index contributed by atoms with van der Waals surface area (Å²) in [7, 11) is 0. The average Bonchev–Trinajstić information content (AvgIpc) is 2.47. The molecule has 0 bridgehead atoms. The lowest BCUT2D eigenvalue weighted by atomic mass is 9.98. The maximum absolute atomic E-state index is 10.5. The minimum Gasteiger partial charge on any atom is -0.479 e. The lowest BCUT2D eigenvalue weighted by Gasteiger charge is -2.24. The Morgan fingerprint density at radius 1 is 0.762 bits per heavy atom. The highest BCUT2D eigenvalue weighted by Crippen LogP contribution is 2.14. The van der Waals surface area contributed by atoms with Gasteiger partial charge >= 0.3 is 5.97 Å². The summed E-state index contributed by atoms with van der Waals surface area (Å²) in [4.78, 5) is 10.5. The number of aliphatic hydroxyl groups excluding tert-OH is 5. The minimum absolute atomic E-state index is 0.217. The molecule has 0 aromatic rings. The van der Waals surface area contributed by atoms with E-state index < -0.39 is 30.4 Å². The number of hydrogen-bond donors (Lipinski definition) is 6. The van der Waals surface area contributed by atoms with Gasteiger partial charge in [0.2, 0.25) is 0 Å². The van der Waals surface area contributed by atoms with Crippen molar-refractivity contribution in [3.63, 3.8) is 0 Å². The second-order valence-corrected chi connectivity index (χ2v) is 5.32. The van der Waals surface area contributed by atoms with E-state index in [-0.39, 0.29) is 13.0 Å². The maximum atomic E-state index is 10.5. The van der Waals surface area contributed by atoms with Crippen LogP contribution in [0.4, 0.5) is 0 Å². The zero-order valence-corrected chi connectivity index (χ0v) is 12.3. The van der Waals surface area contributed by atoms with E-state index in [4.69, 9.17) is 15.3 Å². The number of aliphatic carboxylic acids is 1. The van der Waals surface area contributed by atoms with Gasteiger partial charge in [-0.15, -0.1) is 0 Å². The van der Waals surface area contributed by atoms with Crippen molar-refractivity contribution in [3.05, 3.63) is 0 Å². The predicted molar refractivity (Wildman–Crippen MR) is 75.7 cm³/mol. The highest BCUT2D eigenvalue weighted by molar-refractivity contribution is 5.72. The fraction of sp³-hybridized carbons (Fsp3) is 0.929. The Bertz CT molecular complexity index is 272. The van der Waals surface area contributed by atoms with Crippen molar-refractivity contribution in [2.24, 2.45) is 0 Å². The van der Waals surface area contributed by atoms with E-state index in [1.807, 2.05) is 0 Å². The van der Waals surface area contributed by atoms with Crippen molar-refractivity contribution >= 4 is 5.97 Å². The molecule has 0 heterocycles. The molecule has 4 unspecified atom stereocenters. The van der Waals surface area contributed by atoms with Crippen molar-refractivity contribution in [1.82, 2.24) is 0 Å². The molecule has 0 fully saturated rings. The molecule has 0 aromatic heterocycles. The van der Waals surface area contributed by atoms with Crippen molar-refractivity contribution < 1.29 is 35.4 Å². The van der Waals surface area contributed by atoms with E-state index in [0.717, 1.165) is 38.5 Å². The van der Waals surface area contributed by atoms with Gasteiger partial charge in [0, 0.05) is 6.61 Å². The Morgan fingerprint density at radius 2 is 1.24 bits per heavy atom. The molecule has 0 amide bonds. The minimum atomic E-state index is -2.11. The van der Waals surface area contributed by atoms with Gasteiger partial charge in [-0.2, -0.15) is 0 Å². The molecule has 4 atom stereocenters. The van der Waals surface area contributed by atoms with Crippen LogP contribution in [0.1, 0.15) is 51.4 Å². The maximum Gasteiger partial charge on any atom is 0.335 e.